The van der Waals surface area contributed by atoms with E-state index in [1.807, 2.05) is 0 Å². The van der Waals surface area contributed by atoms with E-state index in [1.165, 1.54) is 62.7 Å². The minimum atomic E-state index is 0.295. The van der Waals surface area contributed by atoms with Gasteiger partial charge in [0.25, 0.3) is 0 Å². The van der Waals surface area contributed by atoms with Crippen molar-refractivity contribution in [2.45, 2.75) is 25.7 Å². The summed E-state index contributed by atoms with van der Waals surface area (Å²) in [6.45, 7) is 0.295. The van der Waals surface area contributed by atoms with E-state index in [1.54, 1.807) is 0 Å². The van der Waals surface area contributed by atoms with Crippen LogP contribution >= 0.6 is 0 Å². The van der Waals surface area contributed by atoms with Gasteiger partial charge in [-0.25, -0.2) is 4.68 Å². The zero-order chi connectivity index (χ0) is 22.5. The minimum absolute atomic E-state index is 0.295. The first-order valence-electron chi connectivity index (χ1n) is 12.3. The molecule has 2 heterocycles. The molecule has 3 heteroatoms. The number of benzene rings is 4. The Labute approximate surface area is 201 Å². The van der Waals surface area contributed by atoms with Crippen LogP contribution in [0.15, 0.2) is 103 Å². The van der Waals surface area contributed by atoms with Crippen molar-refractivity contribution in [3.63, 3.8) is 0 Å². The quantitative estimate of drug-likeness (QED) is 0.361. The van der Waals surface area contributed by atoms with Crippen LogP contribution in [-0.4, -0.2) is 16.5 Å². The Morgan fingerprint density at radius 3 is 2.12 bits per heavy atom. The summed E-state index contributed by atoms with van der Waals surface area (Å²) in [4.78, 5) is 0. The van der Waals surface area contributed by atoms with E-state index in [0.717, 1.165) is 18.5 Å². The van der Waals surface area contributed by atoms with E-state index in [2.05, 4.69) is 108 Å². The van der Waals surface area contributed by atoms with Crippen LogP contribution in [0.1, 0.15) is 24.1 Å². The van der Waals surface area contributed by atoms with Crippen LogP contribution in [0.5, 0.6) is 0 Å². The van der Waals surface area contributed by atoms with Crippen LogP contribution < -0.4 is 16.4 Å². The van der Waals surface area contributed by atoms with Crippen LogP contribution in [0, 0.1) is 0 Å². The number of aromatic nitrogens is 2. The topological polar surface area (TPSA) is 17.8 Å². The van der Waals surface area contributed by atoms with Gasteiger partial charge in [0.15, 0.2) is 0 Å². The van der Waals surface area contributed by atoms with E-state index >= 15 is 0 Å². The van der Waals surface area contributed by atoms with Gasteiger partial charge in [-0.1, -0.05) is 101 Å². The van der Waals surface area contributed by atoms with Gasteiger partial charge < -0.3 is 0 Å². The van der Waals surface area contributed by atoms with E-state index < -0.39 is 0 Å². The van der Waals surface area contributed by atoms with Gasteiger partial charge in [-0.15, -0.1) is 0 Å². The highest BCUT2D eigenvalue weighted by Crippen LogP contribution is 2.27. The van der Waals surface area contributed by atoms with Crippen molar-refractivity contribution < 1.29 is 0 Å². The first-order valence-corrected chi connectivity index (χ1v) is 12.3. The predicted molar refractivity (Wildman–Crippen MR) is 142 cm³/mol. The second-order valence-corrected chi connectivity index (χ2v) is 9.52. The second kappa shape index (κ2) is 7.88. The summed E-state index contributed by atoms with van der Waals surface area (Å²) in [5, 5.41) is 4.73. The summed E-state index contributed by atoms with van der Waals surface area (Å²) in [5.41, 5.74) is 13.3. The lowest BCUT2D eigenvalue weighted by atomic mass is 9.39. The molecule has 2 aliphatic rings. The van der Waals surface area contributed by atoms with Crippen LogP contribution in [0.25, 0.3) is 27.9 Å². The summed E-state index contributed by atoms with van der Waals surface area (Å²) in [5.74, 6) is 0. The minimum Gasteiger partial charge on any atom is -0.238 e. The molecule has 162 valence electrons. The molecular weight excluding hydrogens is 411 g/mol. The molecule has 2 nitrogen and oxygen atoms in total. The molecule has 0 saturated heterocycles. The first-order chi connectivity index (χ1) is 16.9. The number of rotatable bonds is 3. The van der Waals surface area contributed by atoms with Gasteiger partial charge >= 0.3 is 0 Å². The summed E-state index contributed by atoms with van der Waals surface area (Å²) in [6.07, 6.45) is 6.88. The normalized spacial score (nSPS) is 13.9. The third kappa shape index (κ3) is 3.08. The lowest BCUT2D eigenvalue weighted by Gasteiger charge is -2.15. The van der Waals surface area contributed by atoms with Crippen molar-refractivity contribution in [2.75, 3.05) is 0 Å². The first kappa shape index (κ1) is 19.6. The zero-order valence-corrected chi connectivity index (χ0v) is 19.1. The Bertz CT molecular complexity index is 1470. The fourth-order valence-corrected chi connectivity index (χ4v) is 5.91. The van der Waals surface area contributed by atoms with E-state index in [9.17, 15) is 0 Å². The van der Waals surface area contributed by atoms with Gasteiger partial charge in [0.2, 0.25) is 6.71 Å². The smallest absolute Gasteiger partial charge is 0.238 e. The van der Waals surface area contributed by atoms with E-state index in [4.69, 9.17) is 5.10 Å². The molecule has 4 aromatic carbocycles. The van der Waals surface area contributed by atoms with Gasteiger partial charge in [0.05, 0.1) is 11.9 Å². The number of fused-ring (bicyclic) bond motifs is 4. The van der Waals surface area contributed by atoms with Crippen molar-refractivity contribution in [1.29, 1.82) is 0 Å². The average Bonchev–Trinajstić information content (AvgIpc) is 3.49. The molecule has 7 rings (SSSR count). The maximum Gasteiger partial charge on any atom is 0.242 e. The Kier molecular flexibility index (Phi) is 4.54. The van der Waals surface area contributed by atoms with Crippen LogP contribution in [0.3, 0.4) is 0 Å². The lowest BCUT2D eigenvalue weighted by Crippen LogP contribution is -2.48. The molecule has 0 saturated carbocycles. The Hall–Kier alpha value is -3.85. The van der Waals surface area contributed by atoms with E-state index in [0.29, 0.717) is 6.71 Å². The van der Waals surface area contributed by atoms with Gasteiger partial charge in [0.1, 0.15) is 0 Å². The molecule has 0 atom stereocenters. The Balaban J connectivity index is 1.25. The molecular formula is C31H25BN2. The van der Waals surface area contributed by atoms with Crippen LogP contribution in [0.2, 0.25) is 0 Å². The van der Waals surface area contributed by atoms with Crippen LogP contribution in [0.4, 0.5) is 0 Å². The number of nitrogens with zero attached hydrogens (tertiary/aromatic N) is 2. The largest absolute Gasteiger partial charge is 0.242 e. The van der Waals surface area contributed by atoms with Crippen molar-refractivity contribution in [2.24, 2.45) is 0 Å². The standard InChI is InChI=1S/C31H25BN2/c1-6-15-31-24(8-1)21-33-34(31)26-10-7-9-23(20-26)22-16-18-25(19-17-22)32-29-13-4-2-11-27(29)28-12-3-5-14-30(28)32/h2-5,7,9-14,16-21H,1,6,8,15H2. The van der Waals surface area contributed by atoms with Crippen molar-refractivity contribution >= 4 is 23.1 Å². The SMILES string of the molecule is c1cc(-c2ccc(B3c4ccccc4-c4ccccc43)cc2)cc(-n2ncc3c2CCCC3)c1. The summed E-state index contributed by atoms with van der Waals surface area (Å²) in [7, 11) is 0. The average molecular weight is 436 g/mol. The zero-order valence-electron chi connectivity index (χ0n) is 19.1. The molecule has 1 aromatic heterocycles. The van der Waals surface area contributed by atoms with Gasteiger partial charge in [-0.2, -0.15) is 5.10 Å². The molecule has 0 bridgehead atoms. The number of aryl methyl sites for hydroxylation is 1. The summed E-state index contributed by atoms with van der Waals surface area (Å²) >= 11 is 0. The lowest BCUT2D eigenvalue weighted by molar-refractivity contribution is 0.653. The van der Waals surface area contributed by atoms with E-state index in [-0.39, 0.29) is 0 Å². The summed E-state index contributed by atoms with van der Waals surface area (Å²) < 4.78 is 2.15. The molecule has 0 N–H and O–H groups in total. The maximum absolute atomic E-state index is 4.73. The fraction of sp³-hybridized carbons (Fsp3) is 0.129. The fourth-order valence-electron chi connectivity index (χ4n) is 5.91. The second-order valence-electron chi connectivity index (χ2n) is 9.52. The molecule has 0 unspecified atom stereocenters. The Morgan fingerprint density at radius 2 is 1.35 bits per heavy atom. The van der Waals surface area contributed by atoms with Crippen molar-refractivity contribution in [1.82, 2.24) is 9.78 Å². The van der Waals surface area contributed by atoms with Crippen LogP contribution in [-0.2, 0) is 12.8 Å². The third-order valence-corrected chi connectivity index (χ3v) is 7.57. The predicted octanol–water partition coefficient (Wildman–Crippen LogP) is 4.91. The monoisotopic (exact) mass is 436 g/mol. The highest BCUT2D eigenvalue weighted by Gasteiger charge is 2.32. The van der Waals surface area contributed by atoms with Gasteiger partial charge in [-0.3, -0.25) is 0 Å². The molecule has 0 spiro atoms. The molecule has 0 radical (unpaired) electrons. The molecule has 1 aliphatic carbocycles. The maximum atomic E-state index is 4.73. The third-order valence-electron chi connectivity index (χ3n) is 7.57. The highest BCUT2D eigenvalue weighted by molar-refractivity contribution is 6.99. The molecule has 1 aliphatic heterocycles. The summed E-state index contributed by atoms with van der Waals surface area (Å²) in [6, 6.07) is 35.6. The van der Waals surface area contributed by atoms with Gasteiger partial charge in [-0.05, 0) is 65.6 Å². The molecule has 0 amide bonds. The van der Waals surface area contributed by atoms with Gasteiger partial charge in [0, 0.05) is 5.69 Å². The molecule has 0 fully saturated rings. The van der Waals surface area contributed by atoms with Crippen molar-refractivity contribution in [3.05, 3.63) is 115 Å². The highest BCUT2D eigenvalue weighted by atomic mass is 15.3. The number of hydrogen-bond acceptors (Lipinski definition) is 1. The molecule has 34 heavy (non-hydrogen) atoms. The number of hydrogen-bond donors (Lipinski definition) is 0. The van der Waals surface area contributed by atoms with Crippen molar-refractivity contribution in [3.8, 4) is 27.9 Å². The molecule has 5 aromatic rings. The Morgan fingerprint density at radius 1 is 0.647 bits per heavy atom.